The van der Waals surface area contributed by atoms with Crippen molar-refractivity contribution < 1.29 is 38.1 Å². The second-order valence-electron chi connectivity index (χ2n) is 15.5. The Morgan fingerprint density at radius 3 is 1.44 bits per heavy atom. The van der Waals surface area contributed by atoms with Crippen molar-refractivity contribution in [1.29, 1.82) is 0 Å². The van der Waals surface area contributed by atoms with E-state index in [9.17, 15) is 24.3 Å². The second kappa shape index (κ2) is 23.0. The molecular formula is C44H62I2N2O10Si. The minimum atomic E-state index is -2.02. The number of aliphatic hydroxyl groups excluding tert-OH is 1. The number of esters is 2. The van der Waals surface area contributed by atoms with Crippen molar-refractivity contribution in [2.75, 3.05) is 52.9 Å². The Kier molecular flexibility index (Phi) is 19.7. The van der Waals surface area contributed by atoms with E-state index in [0.29, 0.717) is 42.7 Å². The van der Waals surface area contributed by atoms with Crippen LogP contribution >= 0.6 is 45.2 Å². The summed E-state index contributed by atoms with van der Waals surface area (Å²) in [4.78, 5) is 51.0. The molecule has 4 rings (SSSR count). The van der Waals surface area contributed by atoms with E-state index in [4.69, 9.17) is 23.4 Å². The van der Waals surface area contributed by atoms with Crippen LogP contribution in [0, 0.1) is 7.14 Å². The summed E-state index contributed by atoms with van der Waals surface area (Å²) in [5.74, 6) is -1.26. The molecule has 2 heterocycles. The van der Waals surface area contributed by atoms with Gasteiger partial charge < -0.3 is 37.6 Å². The van der Waals surface area contributed by atoms with Gasteiger partial charge in [0.25, 0.3) is 0 Å². The van der Waals surface area contributed by atoms with Crippen molar-refractivity contribution in [1.82, 2.24) is 9.13 Å². The normalized spacial score (nSPS) is 12.9. The standard InChI is InChI=1S/C25H38INO5Si.C19H24INO5/c1-9-17-12-22-19(13-21(17)26)23(28)20(24(29)31-11-3)14-27(22)18(15-30-10-2)16-32-33(7,8)25(4,5)6;1-4-12-7-17-14(8-16(12)20)18(23)15(19(24)26-6-3)9-21(17)13(10-22)11-25-5-2/h12-14,18H,9-11,15-16H2,1-8H3;7-9,13,22H,4-6,10-11H2,1-3H3/t18-;13-/m01/s1. The SMILES string of the molecule is CCOC[C@@H](CO)n1cc(C(=O)OCC)c(=O)c2cc(I)c(CC)cc21.CCOC[C@@H](CO[Si](C)(C)C(C)(C)C)n1cc(C(=O)OCC)c(=O)c2cc(I)c(CC)cc21. The highest BCUT2D eigenvalue weighted by molar-refractivity contribution is 14.1. The van der Waals surface area contributed by atoms with E-state index in [-0.39, 0.29) is 59.5 Å². The smallest absolute Gasteiger partial charge is 0.343 e. The maximum absolute atomic E-state index is 13.3. The van der Waals surface area contributed by atoms with E-state index in [1.54, 1.807) is 30.7 Å². The van der Waals surface area contributed by atoms with Crippen molar-refractivity contribution in [3.63, 3.8) is 0 Å². The third kappa shape index (κ3) is 12.5. The molecule has 0 amide bonds. The number of halogens is 2. The van der Waals surface area contributed by atoms with Crippen LogP contribution in [-0.4, -0.2) is 87.4 Å². The third-order valence-electron chi connectivity index (χ3n) is 10.6. The summed E-state index contributed by atoms with van der Waals surface area (Å²) in [6, 6.07) is 7.07. The number of nitrogens with zero attached hydrogens (tertiary/aromatic N) is 2. The second-order valence-corrected chi connectivity index (χ2v) is 22.6. The number of aryl methyl sites for hydroxylation is 2. The van der Waals surface area contributed by atoms with Gasteiger partial charge in [0.15, 0.2) is 8.32 Å². The molecule has 2 atom stereocenters. The molecule has 0 aliphatic rings. The topological polar surface area (TPSA) is 145 Å². The number of fused-ring (bicyclic) bond motifs is 2. The molecule has 0 spiro atoms. The van der Waals surface area contributed by atoms with Gasteiger partial charge in [-0.05, 0) is 139 Å². The summed E-state index contributed by atoms with van der Waals surface area (Å²) >= 11 is 4.44. The molecule has 0 radical (unpaired) electrons. The molecule has 326 valence electrons. The lowest BCUT2D eigenvalue weighted by Crippen LogP contribution is -2.42. The van der Waals surface area contributed by atoms with Gasteiger partial charge in [0.05, 0.1) is 62.8 Å². The molecule has 15 heteroatoms. The Balaban J connectivity index is 0.000000324. The Hall–Kier alpha value is -2.68. The minimum absolute atomic E-state index is 0.0330. The van der Waals surface area contributed by atoms with Crippen LogP contribution in [-0.2, 0) is 36.2 Å². The summed E-state index contributed by atoms with van der Waals surface area (Å²) in [5.41, 5.74) is 3.06. The number of rotatable bonds is 18. The number of hydrogen-bond acceptors (Lipinski definition) is 10. The van der Waals surface area contributed by atoms with Gasteiger partial charge >= 0.3 is 11.9 Å². The Bertz CT molecular complexity index is 2200. The summed E-state index contributed by atoms with van der Waals surface area (Å²) in [6.45, 7) is 24.9. The van der Waals surface area contributed by atoms with Crippen LogP contribution in [0.15, 0.2) is 46.2 Å². The largest absolute Gasteiger partial charge is 0.462 e. The molecular weight excluding hydrogens is 998 g/mol. The van der Waals surface area contributed by atoms with Gasteiger partial charge in [-0.3, -0.25) is 9.59 Å². The van der Waals surface area contributed by atoms with Gasteiger partial charge in [-0.15, -0.1) is 0 Å². The fraction of sp³-hybridized carbons (Fsp3) is 0.545. The maximum Gasteiger partial charge on any atom is 0.343 e. The van der Waals surface area contributed by atoms with Crippen LogP contribution in [0.2, 0.25) is 18.1 Å². The first-order valence-corrected chi connectivity index (χ1v) is 25.4. The first-order valence-electron chi connectivity index (χ1n) is 20.3. The van der Waals surface area contributed by atoms with Crippen LogP contribution in [0.3, 0.4) is 0 Å². The highest BCUT2D eigenvalue weighted by Crippen LogP contribution is 2.37. The minimum Gasteiger partial charge on any atom is -0.462 e. The molecule has 12 nitrogen and oxygen atoms in total. The highest BCUT2D eigenvalue weighted by Gasteiger charge is 2.38. The van der Waals surface area contributed by atoms with E-state index in [1.165, 1.54) is 6.20 Å². The van der Waals surface area contributed by atoms with Crippen molar-refractivity contribution >= 4 is 87.2 Å². The number of pyridine rings is 2. The van der Waals surface area contributed by atoms with Gasteiger partial charge in [0.2, 0.25) is 10.9 Å². The maximum atomic E-state index is 13.3. The first kappa shape index (κ1) is 50.7. The molecule has 1 N–H and O–H groups in total. The lowest BCUT2D eigenvalue weighted by molar-refractivity contribution is 0.0512. The van der Waals surface area contributed by atoms with Crippen molar-refractivity contribution in [2.24, 2.45) is 0 Å². The first-order chi connectivity index (χ1) is 27.8. The van der Waals surface area contributed by atoms with Gasteiger partial charge in [-0.2, -0.15) is 0 Å². The zero-order chi connectivity index (χ0) is 44.2. The van der Waals surface area contributed by atoms with Crippen molar-refractivity contribution in [3.05, 3.63) is 86.5 Å². The zero-order valence-electron chi connectivity index (χ0n) is 36.5. The van der Waals surface area contributed by atoms with Crippen LogP contribution in [0.1, 0.15) is 106 Å². The molecule has 0 saturated carbocycles. The number of carbonyl (C=O) groups is 2. The summed E-state index contributed by atoms with van der Waals surface area (Å²) < 4.78 is 33.8. The Morgan fingerprint density at radius 2 is 1.08 bits per heavy atom. The van der Waals surface area contributed by atoms with E-state index in [1.807, 2.05) is 37.5 Å². The zero-order valence-corrected chi connectivity index (χ0v) is 41.8. The number of ether oxygens (including phenoxy) is 4. The molecule has 0 saturated heterocycles. The van der Waals surface area contributed by atoms with Gasteiger partial charge in [0, 0.05) is 43.5 Å². The quantitative estimate of drug-likeness (QED) is 0.0583. The molecule has 4 aromatic rings. The van der Waals surface area contributed by atoms with E-state index in [0.717, 1.165) is 36.6 Å². The average molecular weight is 1060 g/mol. The number of carbonyl (C=O) groups excluding carboxylic acids is 2. The third-order valence-corrected chi connectivity index (χ3v) is 17.1. The predicted octanol–water partition coefficient (Wildman–Crippen LogP) is 8.86. The van der Waals surface area contributed by atoms with Gasteiger partial charge in [-0.1, -0.05) is 34.6 Å². The van der Waals surface area contributed by atoms with Crippen molar-refractivity contribution in [3.8, 4) is 0 Å². The van der Waals surface area contributed by atoms with Crippen LogP contribution < -0.4 is 10.9 Å². The summed E-state index contributed by atoms with van der Waals surface area (Å²) in [5, 5.41) is 10.9. The predicted molar refractivity (Wildman–Crippen MR) is 254 cm³/mol. The fourth-order valence-electron chi connectivity index (χ4n) is 6.14. The highest BCUT2D eigenvalue weighted by atomic mass is 127. The number of hydrogen-bond donors (Lipinski definition) is 1. The molecule has 59 heavy (non-hydrogen) atoms. The molecule has 0 aliphatic heterocycles. The summed E-state index contributed by atoms with van der Waals surface area (Å²) in [6.07, 6.45) is 4.78. The van der Waals surface area contributed by atoms with Gasteiger partial charge in [-0.25, -0.2) is 9.59 Å². The monoisotopic (exact) mass is 1060 g/mol. The molecule has 0 fully saturated rings. The molecule has 2 aromatic heterocycles. The average Bonchev–Trinajstić information content (AvgIpc) is 3.19. The molecule has 0 aliphatic carbocycles. The number of benzene rings is 2. The van der Waals surface area contributed by atoms with Crippen LogP contribution in [0.5, 0.6) is 0 Å². The Labute approximate surface area is 376 Å². The van der Waals surface area contributed by atoms with Crippen molar-refractivity contribution in [2.45, 2.75) is 105 Å². The number of aliphatic hydroxyl groups is 1. The lowest BCUT2D eigenvalue weighted by atomic mass is 10.1. The van der Waals surface area contributed by atoms with Crippen LogP contribution in [0.25, 0.3) is 21.8 Å². The van der Waals surface area contributed by atoms with E-state index in [2.05, 4.69) is 92.0 Å². The fourth-order valence-corrected chi connectivity index (χ4v) is 8.88. The molecule has 2 aromatic carbocycles. The molecule has 0 unspecified atom stereocenters. The lowest BCUT2D eigenvalue weighted by Gasteiger charge is -2.37. The Morgan fingerprint density at radius 1 is 0.678 bits per heavy atom. The van der Waals surface area contributed by atoms with Crippen LogP contribution in [0.4, 0.5) is 0 Å². The van der Waals surface area contributed by atoms with E-state index < -0.39 is 26.3 Å². The van der Waals surface area contributed by atoms with Gasteiger partial charge in [0.1, 0.15) is 11.1 Å². The number of aromatic nitrogens is 2. The summed E-state index contributed by atoms with van der Waals surface area (Å²) in [7, 11) is -2.02. The van der Waals surface area contributed by atoms with E-state index >= 15 is 0 Å². The molecule has 0 bridgehead atoms.